The lowest BCUT2D eigenvalue weighted by Gasteiger charge is -2.22. The number of rotatable bonds is 12. The molecule has 4 N–H and O–H groups in total. The molecule has 1 fully saturated rings. The van der Waals surface area contributed by atoms with Gasteiger partial charge >= 0.3 is 12.1 Å². The van der Waals surface area contributed by atoms with Gasteiger partial charge in [-0.25, -0.2) is 9.78 Å². The van der Waals surface area contributed by atoms with Crippen molar-refractivity contribution in [3.8, 4) is 5.75 Å². The smallest absolute Gasteiger partial charge is 0.490 e. The standard InChI is InChI=1S/C25H37N5O2.C2HF3O2/c1-19(2)17-22(24(31)26-15-16-32-21-11-7-4-8-12-21)29-23-13-14-27-25(30-23)28-18-20-9-5-3-6-10-20;3-2(4,5)1(6)7/h4,7-8,11-14,19-20,22H,3,5-6,9-10,15-18H2,1-2H3,(H,26,31)(H2,27,28,29,30);(H,6,7)/t22-;/m0./s1. The molecule has 0 aliphatic heterocycles. The van der Waals surface area contributed by atoms with Gasteiger partial charge in [-0.15, -0.1) is 0 Å². The highest BCUT2D eigenvalue weighted by atomic mass is 19.4. The normalized spacial score (nSPS) is 14.5. The summed E-state index contributed by atoms with van der Waals surface area (Å²) < 4.78 is 37.4. The van der Waals surface area contributed by atoms with E-state index in [4.69, 9.17) is 14.6 Å². The highest BCUT2D eigenvalue weighted by Crippen LogP contribution is 2.23. The molecule has 0 spiro atoms. The third-order valence-electron chi connectivity index (χ3n) is 5.93. The van der Waals surface area contributed by atoms with Gasteiger partial charge in [-0.3, -0.25) is 4.79 Å². The van der Waals surface area contributed by atoms with E-state index in [9.17, 15) is 18.0 Å². The van der Waals surface area contributed by atoms with Gasteiger partial charge in [-0.2, -0.15) is 18.2 Å². The zero-order chi connectivity index (χ0) is 28.7. The van der Waals surface area contributed by atoms with E-state index in [1.54, 1.807) is 6.20 Å². The van der Waals surface area contributed by atoms with Gasteiger partial charge in [-0.05, 0) is 49.3 Å². The molecule has 0 unspecified atom stereocenters. The Morgan fingerprint density at radius 2 is 1.77 bits per heavy atom. The summed E-state index contributed by atoms with van der Waals surface area (Å²) in [6.45, 7) is 5.99. The molecule has 1 heterocycles. The largest absolute Gasteiger partial charge is 0.492 e. The number of benzene rings is 1. The quantitative estimate of drug-likeness (QED) is 0.267. The maximum absolute atomic E-state index is 12.8. The number of hydrogen-bond acceptors (Lipinski definition) is 7. The fourth-order valence-corrected chi connectivity index (χ4v) is 4.02. The minimum absolute atomic E-state index is 0.0503. The summed E-state index contributed by atoms with van der Waals surface area (Å²) in [5, 5.41) is 16.8. The zero-order valence-electron chi connectivity index (χ0n) is 22.3. The van der Waals surface area contributed by atoms with Crippen molar-refractivity contribution in [1.82, 2.24) is 15.3 Å². The van der Waals surface area contributed by atoms with Gasteiger partial charge in [0.1, 0.15) is 24.2 Å². The summed E-state index contributed by atoms with van der Waals surface area (Å²) >= 11 is 0. The SMILES string of the molecule is CC(C)C[C@H](Nc1ccnc(NCC2CCCCC2)n1)C(=O)NCCOc1ccccc1.O=C(O)C(F)(F)F. The number of hydrogen-bond donors (Lipinski definition) is 4. The molecule has 216 valence electrons. The Labute approximate surface area is 227 Å². The third kappa shape index (κ3) is 13.2. The molecule has 1 aromatic carbocycles. The highest BCUT2D eigenvalue weighted by Gasteiger charge is 2.38. The molecule has 1 amide bonds. The average Bonchev–Trinajstić information content (AvgIpc) is 2.90. The molecular formula is C27H38F3N5O4. The number of alkyl halides is 3. The molecule has 1 aromatic heterocycles. The van der Waals surface area contributed by atoms with Crippen LogP contribution in [-0.4, -0.2) is 58.9 Å². The van der Waals surface area contributed by atoms with Crippen molar-refractivity contribution >= 4 is 23.6 Å². The van der Waals surface area contributed by atoms with Crippen molar-refractivity contribution in [1.29, 1.82) is 0 Å². The maximum Gasteiger partial charge on any atom is 0.490 e. The Morgan fingerprint density at radius 3 is 2.38 bits per heavy atom. The van der Waals surface area contributed by atoms with Crippen LogP contribution in [0.2, 0.25) is 0 Å². The number of amides is 1. The van der Waals surface area contributed by atoms with E-state index in [1.807, 2.05) is 36.4 Å². The van der Waals surface area contributed by atoms with Gasteiger partial charge in [0.05, 0.1) is 6.54 Å². The van der Waals surface area contributed by atoms with Gasteiger partial charge in [0.2, 0.25) is 11.9 Å². The van der Waals surface area contributed by atoms with Crippen LogP contribution in [0.15, 0.2) is 42.6 Å². The number of carbonyl (C=O) groups is 2. The first-order valence-corrected chi connectivity index (χ1v) is 13.1. The Kier molecular flexibility index (Phi) is 13.3. The third-order valence-corrected chi connectivity index (χ3v) is 5.93. The Hall–Kier alpha value is -3.57. The van der Waals surface area contributed by atoms with E-state index in [0.29, 0.717) is 43.2 Å². The van der Waals surface area contributed by atoms with Gasteiger partial charge in [0.25, 0.3) is 0 Å². The van der Waals surface area contributed by atoms with E-state index < -0.39 is 12.1 Å². The van der Waals surface area contributed by atoms with Crippen molar-refractivity contribution in [2.24, 2.45) is 11.8 Å². The Balaban J connectivity index is 0.000000673. The predicted molar refractivity (Wildman–Crippen MR) is 143 cm³/mol. The van der Waals surface area contributed by atoms with Crippen LogP contribution < -0.4 is 20.7 Å². The fourth-order valence-electron chi connectivity index (χ4n) is 4.02. The Morgan fingerprint density at radius 1 is 1.10 bits per heavy atom. The number of para-hydroxylation sites is 1. The van der Waals surface area contributed by atoms with Crippen molar-refractivity contribution in [2.75, 3.05) is 30.3 Å². The average molecular weight is 554 g/mol. The molecule has 1 saturated carbocycles. The Bertz CT molecular complexity index is 1000. The van der Waals surface area contributed by atoms with Crippen LogP contribution in [0.3, 0.4) is 0 Å². The molecule has 2 aromatic rings. The zero-order valence-corrected chi connectivity index (χ0v) is 22.3. The first-order valence-electron chi connectivity index (χ1n) is 13.1. The number of nitrogens with zero attached hydrogens (tertiary/aromatic N) is 2. The second kappa shape index (κ2) is 16.4. The number of aromatic nitrogens is 2. The summed E-state index contributed by atoms with van der Waals surface area (Å²) in [7, 11) is 0. The molecule has 1 atom stereocenters. The lowest BCUT2D eigenvalue weighted by atomic mass is 9.89. The number of aliphatic carboxylic acids is 1. The van der Waals surface area contributed by atoms with Gasteiger partial charge < -0.3 is 25.8 Å². The lowest BCUT2D eigenvalue weighted by Crippen LogP contribution is -2.42. The van der Waals surface area contributed by atoms with Gasteiger partial charge in [0, 0.05) is 12.7 Å². The van der Waals surface area contributed by atoms with E-state index in [-0.39, 0.29) is 11.9 Å². The van der Waals surface area contributed by atoms with Crippen LogP contribution in [0.1, 0.15) is 52.4 Å². The molecule has 9 nitrogen and oxygen atoms in total. The number of carboxylic acids is 1. The number of carboxylic acid groups (broad SMARTS) is 1. The van der Waals surface area contributed by atoms with E-state index >= 15 is 0 Å². The first-order chi connectivity index (χ1) is 18.5. The molecule has 0 radical (unpaired) electrons. The maximum atomic E-state index is 12.8. The molecule has 3 rings (SSSR count). The lowest BCUT2D eigenvalue weighted by molar-refractivity contribution is -0.192. The van der Waals surface area contributed by atoms with E-state index in [2.05, 4.69) is 39.8 Å². The summed E-state index contributed by atoms with van der Waals surface area (Å²) in [6.07, 6.45) is 3.89. The number of ether oxygens (including phenoxy) is 1. The molecule has 1 aliphatic carbocycles. The number of carbonyl (C=O) groups excluding carboxylic acids is 1. The number of halogens is 3. The predicted octanol–water partition coefficient (Wildman–Crippen LogP) is 5.12. The van der Waals surface area contributed by atoms with E-state index in [0.717, 1.165) is 12.3 Å². The summed E-state index contributed by atoms with van der Waals surface area (Å²) in [5.74, 6) is 0.324. The summed E-state index contributed by atoms with van der Waals surface area (Å²) in [6, 6.07) is 11.0. The number of anilines is 2. The van der Waals surface area contributed by atoms with Crippen LogP contribution in [0.5, 0.6) is 5.75 Å². The van der Waals surface area contributed by atoms with Crippen LogP contribution >= 0.6 is 0 Å². The summed E-state index contributed by atoms with van der Waals surface area (Å²) in [4.78, 5) is 30.7. The second-order valence-electron chi connectivity index (χ2n) is 9.73. The second-order valence-corrected chi connectivity index (χ2v) is 9.73. The molecular weight excluding hydrogens is 515 g/mol. The molecule has 0 saturated heterocycles. The van der Waals surface area contributed by atoms with Crippen molar-refractivity contribution < 1.29 is 32.6 Å². The summed E-state index contributed by atoms with van der Waals surface area (Å²) in [5.41, 5.74) is 0. The van der Waals surface area contributed by atoms with Crippen LogP contribution in [0.25, 0.3) is 0 Å². The molecule has 0 bridgehead atoms. The number of nitrogens with one attached hydrogen (secondary N) is 3. The van der Waals surface area contributed by atoms with Crippen molar-refractivity contribution in [2.45, 2.75) is 64.6 Å². The van der Waals surface area contributed by atoms with E-state index in [1.165, 1.54) is 32.1 Å². The highest BCUT2D eigenvalue weighted by molar-refractivity contribution is 5.84. The molecule has 1 aliphatic rings. The van der Waals surface area contributed by atoms with Crippen LogP contribution in [0.4, 0.5) is 24.9 Å². The molecule has 39 heavy (non-hydrogen) atoms. The van der Waals surface area contributed by atoms with Gasteiger partial charge in [-0.1, -0.05) is 51.3 Å². The van der Waals surface area contributed by atoms with Crippen LogP contribution in [-0.2, 0) is 9.59 Å². The first kappa shape index (κ1) is 31.6. The monoisotopic (exact) mass is 553 g/mol. The topological polar surface area (TPSA) is 125 Å². The van der Waals surface area contributed by atoms with Crippen molar-refractivity contribution in [3.63, 3.8) is 0 Å². The van der Waals surface area contributed by atoms with Crippen molar-refractivity contribution in [3.05, 3.63) is 42.6 Å². The molecule has 12 heteroatoms. The minimum Gasteiger partial charge on any atom is -0.492 e. The van der Waals surface area contributed by atoms with Crippen LogP contribution in [0, 0.1) is 11.8 Å². The minimum atomic E-state index is -5.08. The van der Waals surface area contributed by atoms with Gasteiger partial charge in [0.15, 0.2) is 0 Å². The fraction of sp³-hybridized carbons (Fsp3) is 0.556.